The molecule has 3 heteroatoms. The molecule has 0 amide bonds. The molecule has 1 N–H and O–H groups in total. The minimum absolute atomic E-state index is 1.05. The molecule has 0 radical (unpaired) electrons. The first kappa shape index (κ1) is 10.9. The lowest BCUT2D eigenvalue weighted by Gasteiger charge is -2.28. The molecule has 0 aromatic carbocycles. The largest absolute Gasteiger partial charge is 0.231 e. The number of hydrazine groups is 2. The zero-order valence-electron chi connectivity index (χ0n) is 8.22. The van der Waals surface area contributed by atoms with Crippen LogP contribution in [0.25, 0.3) is 0 Å². The van der Waals surface area contributed by atoms with E-state index in [1.165, 1.54) is 0 Å². The van der Waals surface area contributed by atoms with Crippen LogP contribution < -0.4 is 5.53 Å². The van der Waals surface area contributed by atoms with E-state index in [1.54, 1.807) is 0 Å². The molecule has 0 atom stereocenters. The van der Waals surface area contributed by atoms with Gasteiger partial charge in [-0.15, -0.1) is 0 Å². The second kappa shape index (κ2) is 6.58. The number of nitrogens with zero attached hydrogens (tertiary/aromatic N) is 2. The molecule has 0 aliphatic rings. The summed E-state index contributed by atoms with van der Waals surface area (Å²) in [7, 11) is 0. The summed E-state index contributed by atoms with van der Waals surface area (Å²) in [5, 5.41) is 4.38. The van der Waals surface area contributed by atoms with Crippen LogP contribution >= 0.6 is 0 Å². The molecule has 0 saturated heterocycles. The van der Waals surface area contributed by atoms with Crippen molar-refractivity contribution in [3.05, 3.63) is 0 Å². The quantitative estimate of drug-likeness (QED) is 0.585. The number of hydrogen-bond donors (Lipinski definition) is 1. The Bertz CT molecular complexity index is 67.4. The van der Waals surface area contributed by atoms with Gasteiger partial charge in [0.1, 0.15) is 0 Å². The average Bonchev–Trinajstić information content (AvgIpc) is 2.07. The van der Waals surface area contributed by atoms with Gasteiger partial charge in [-0.3, -0.25) is 0 Å². The first-order valence-corrected chi connectivity index (χ1v) is 4.54. The Morgan fingerprint density at radius 1 is 0.727 bits per heavy atom. The molecule has 0 saturated carbocycles. The highest BCUT2D eigenvalue weighted by atomic mass is 15.7. The molecule has 0 spiro atoms. The summed E-state index contributed by atoms with van der Waals surface area (Å²) in [5.74, 6) is 0. The third-order valence-corrected chi connectivity index (χ3v) is 1.81. The molecule has 0 bridgehead atoms. The number of nitrogens with one attached hydrogen (secondary N) is 1. The summed E-state index contributed by atoms with van der Waals surface area (Å²) in [6.45, 7) is 12.8. The fraction of sp³-hybridized carbons (Fsp3) is 1.00. The Hall–Kier alpha value is -0.120. The zero-order chi connectivity index (χ0) is 8.69. The highest BCUT2D eigenvalue weighted by Crippen LogP contribution is 1.85. The van der Waals surface area contributed by atoms with E-state index in [2.05, 4.69) is 43.2 Å². The predicted octanol–water partition coefficient (Wildman–Crippen LogP) is 1.09. The molecule has 0 aromatic rings. The van der Waals surface area contributed by atoms with Crippen molar-refractivity contribution >= 4 is 0 Å². The van der Waals surface area contributed by atoms with E-state index in [4.69, 9.17) is 0 Å². The van der Waals surface area contributed by atoms with E-state index in [0.717, 1.165) is 26.2 Å². The number of rotatable bonds is 6. The van der Waals surface area contributed by atoms with Crippen LogP contribution in [0.5, 0.6) is 0 Å². The van der Waals surface area contributed by atoms with Gasteiger partial charge in [-0.05, 0) is 0 Å². The van der Waals surface area contributed by atoms with Crippen LogP contribution in [-0.4, -0.2) is 36.2 Å². The Labute approximate surface area is 70.3 Å². The second-order valence-corrected chi connectivity index (χ2v) is 2.44. The molecule has 0 heterocycles. The first-order chi connectivity index (χ1) is 5.28. The molecule has 3 nitrogen and oxygen atoms in total. The maximum absolute atomic E-state index is 3.32. The Morgan fingerprint density at radius 2 is 1.00 bits per heavy atom. The smallest absolute Gasteiger partial charge is 0.0115 e. The standard InChI is InChI=1S/C8H21N3/c1-5-10(6-2)9-11(7-3)8-4/h9H,5-8H2,1-4H3. The van der Waals surface area contributed by atoms with Crippen molar-refractivity contribution in [1.82, 2.24) is 15.6 Å². The second-order valence-electron chi connectivity index (χ2n) is 2.44. The molecular formula is C8H21N3. The summed E-state index contributed by atoms with van der Waals surface area (Å²) >= 11 is 0. The molecule has 0 rings (SSSR count). The molecule has 0 aliphatic carbocycles. The van der Waals surface area contributed by atoms with Crippen molar-refractivity contribution in [3.8, 4) is 0 Å². The first-order valence-electron chi connectivity index (χ1n) is 4.54. The summed E-state index contributed by atoms with van der Waals surface area (Å²) in [6, 6.07) is 0. The summed E-state index contributed by atoms with van der Waals surface area (Å²) in [4.78, 5) is 0. The SMILES string of the molecule is CCN(CC)NN(CC)CC. The van der Waals surface area contributed by atoms with Crippen LogP contribution in [0.2, 0.25) is 0 Å². The highest BCUT2D eigenvalue weighted by molar-refractivity contribution is 4.44. The van der Waals surface area contributed by atoms with Crippen molar-refractivity contribution in [1.29, 1.82) is 0 Å². The van der Waals surface area contributed by atoms with Gasteiger partial charge in [-0.2, -0.15) is 5.53 Å². The molecule has 68 valence electrons. The summed E-state index contributed by atoms with van der Waals surface area (Å²) < 4.78 is 0. The molecular weight excluding hydrogens is 138 g/mol. The van der Waals surface area contributed by atoms with Crippen molar-refractivity contribution in [2.75, 3.05) is 26.2 Å². The fourth-order valence-electron chi connectivity index (χ4n) is 0.930. The van der Waals surface area contributed by atoms with E-state index in [-0.39, 0.29) is 0 Å². The van der Waals surface area contributed by atoms with Crippen LogP contribution in [0.1, 0.15) is 27.7 Å². The van der Waals surface area contributed by atoms with E-state index >= 15 is 0 Å². The Kier molecular flexibility index (Phi) is 6.51. The van der Waals surface area contributed by atoms with Gasteiger partial charge in [0.15, 0.2) is 0 Å². The van der Waals surface area contributed by atoms with Gasteiger partial charge in [-0.25, -0.2) is 10.0 Å². The predicted molar refractivity (Wildman–Crippen MR) is 49.0 cm³/mol. The highest BCUT2D eigenvalue weighted by Gasteiger charge is 2.01. The van der Waals surface area contributed by atoms with Crippen LogP contribution in [0.4, 0.5) is 0 Å². The molecule has 0 fully saturated rings. The van der Waals surface area contributed by atoms with Crippen molar-refractivity contribution in [2.24, 2.45) is 0 Å². The van der Waals surface area contributed by atoms with Gasteiger partial charge in [-0.1, -0.05) is 27.7 Å². The van der Waals surface area contributed by atoms with Gasteiger partial charge in [0, 0.05) is 26.2 Å². The fourth-order valence-corrected chi connectivity index (χ4v) is 0.930. The van der Waals surface area contributed by atoms with Crippen molar-refractivity contribution in [2.45, 2.75) is 27.7 Å². The van der Waals surface area contributed by atoms with Gasteiger partial charge >= 0.3 is 0 Å². The third kappa shape index (κ3) is 4.35. The van der Waals surface area contributed by atoms with E-state index < -0.39 is 0 Å². The normalized spacial score (nSPS) is 11.5. The minimum atomic E-state index is 1.05. The van der Waals surface area contributed by atoms with Crippen LogP contribution in [0.3, 0.4) is 0 Å². The Balaban J connectivity index is 3.58. The van der Waals surface area contributed by atoms with Crippen LogP contribution in [0.15, 0.2) is 0 Å². The molecule has 0 unspecified atom stereocenters. The molecule has 11 heavy (non-hydrogen) atoms. The van der Waals surface area contributed by atoms with Gasteiger partial charge in [0.25, 0.3) is 0 Å². The third-order valence-electron chi connectivity index (χ3n) is 1.81. The summed E-state index contributed by atoms with van der Waals surface area (Å²) in [6.07, 6.45) is 0. The van der Waals surface area contributed by atoms with Gasteiger partial charge in [0.2, 0.25) is 0 Å². The Morgan fingerprint density at radius 3 is 1.18 bits per heavy atom. The summed E-state index contributed by atoms with van der Waals surface area (Å²) in [5.41, 5.74) is 3.32. The lowest BCUT2D eigenvalue weighted by atomic mass is 10.6. The van der Waals surface area contributed by atoms with Crippen molar-refractivity contribution < 1.29 is 0 Å². The van der Waals surface area contributed by atoms with E-state index in [1.807, 2.05) is 0 Å². The molecule has 0 aromatic heterocycles. The van der Waals surface area contributed by atoms with Gasteiger partial charge < -0.3 is 0 Å². The zero-order valence-corrected chi connectivity index (χ0v) is 8.22. The number of hydrogen-bond acceptors (Lipinski definition) is 3. The van der Waals surface area contributed by atoms with Gasteiger partial charge in [0.05, 0.1) is 0 Å². The minimum Gasteiger partial charge on any atom is -0.231 e. The molecule has 0 aliphatic heterocycles. The van der Waals surface area contributed by atoms with E-state index in [0.29, 0.717) is 0 Å². The lowest BCUT2D eigenvalue weighted by molar-refractivity contribution is 0.0381. The maximum atomic E-state index is 3.32. The van der Waals surface area contributed by atoms with Crippen LogP contribution in [-0.2, 0) is 0 Å². The van der Waals surface area contributed by atoms with Crippen molar-refractivity contribution in [3.63, 3.8) is 0 Å². The van der Waals surface area contributed by atoms with E-state index in [9.17, 15) is 0 Å². The van der Waals surface area contributed by atoms with Crippen LogP contribution in [0, 0.1) is 0 Å². The maximum Gasteiger partial charge on any atom is 0.0115 e. The monoisotopic (exact) mass is 159 g/mol. The average molecular weight is 159 g/mol. The lowest BCUT2D eigenvalue weighted by Crippen LogP contribution is -2.49. The topological polar surface area (TPSA) is 18.5 Å².